The second kappa shape index (κ2) is 9.96. The Kier molecular flexibility index (Phi) is 6.64. The van der Waals surface area contributed by atoms with Gasteiger partial charge in [0.2, 0.25) is 0 Å². The van der Waals surface area contributed by atoms with Crippen LogP contribution >= 0.6 is 0 Å². The number of hydrogen-bond acceptors (Lipinski definition) is 4. The van der Waals surface area contributed by atoms with Crippen molar-refractivity contribution in [1.82, 2.24) is 15.1 Å². The number of phenols is 1. The highest BCUT2D eigenvalue weighted by atomic mass is 16.3. The highest BCUT2D eigenvalue weighted by Gasteiger charge is 2.24. The molecule has 0 spiro atoms. The maximum atomic E-state index is 13.4. The van der Waals surface area contributed by atoms with Crippen LogP contribution in [0.2, 0.25) is 0 Å². The van der Waals surface area contributed by atoms with Crippen LogP contribution in [-0.4, -0.2) is 27.3 Å². The number of aryl methyl sites for hydroxylation is 1. The molecule has 0 aliphatic carbocycles. The molecule has 4 aromatic rings. The molecule has 0 unspecified atom stereocenters. The van der Waals surface area contributed by atoms with Crippen molar-refractivity contribution in [2.24, 2.45) is 0 Å². The molecule has 1 heterocycles. The summed E-state index contributed by atoms with van der Waals surface area (Å²) in [6.45, 7) is 2.53. The summed E-state index contributed by atoms with van der Waals surface area (Å²) in [4.78, 5) is 26.7. The number of rotatable bonds is 7. The van der Waals surface area contributed by atoms with E-state index in [4.69, 9.17) is 0 Å². The third kappa shape index (κ3) is 4.85. The maximum absolute atomic E-state index is 13.4. The summed E-state index contributed by atoms with van der Waals surface area (Å²) in [5.74, 6) is -0.236. The quantitative estimate of drug-likeness (QED) is 0.450. The van der Waals surface area contributed by atoms with Crippen LogP contribution in [0.4, 0.5) is 0 Å². The number of phenolic OH excluding ortho intramolecular Hbond substituents is 1. The minimum atomic E-state index is -0.431. The molecule has 1 amide bonds. The topological polar surface area (TPSA) is 84.2 Å². The van der Waals surface area contributed by atoms with Crippen LogP contribution in [0.5, 0.6) is 5.75 Å². The van der Waals surface area contributed by atoms with Crippen molar-refractivity contribution in [2.45, 2.75) is 19.9 Å². The lowest BCUT2D eigenvalue weighted by Crippen LogP contribution is -2.36. The number of amides is 1. The van der Waals surface area contributed by atoms with E-state index in [0.717, 1.165) is 16.7 Å². The van der Waals surface area contributed by atoms with Gasteiger partial charge in [-0.05, 0) is 36.6 Å². The van der Waals surface area contributed by atoms with Gasteiger partial charge in [0.15, 0.2) is 0 Å². The monoisotopic (exact) mass is 439 g/mol. The predicted molar refractivity (Wildman–Crippen MR) is 129 cm³/mol. The van der Waals surface area contributed by atoms with Crippen molar-refractivity contribution in [1.29, 1.82) is 0 Å². The van der Waals surface area contributed by atoms with E-state index in [0.29, 0.717) is 30.8 Å². The van der Waals surface area contributed by atoms with Gasteiger partial charge in [0.25, 0.3) is 11.5 Å². The zero-order chi connectivity index (χ0) is 23.2. The Morgan fingerprint density at radius 3 is 2.12 bits per heavy atom. The fourth-order valence-electron chi connectivity index (χ4n) is 3.75. The zero-order valence-electron chi connectivity index (χ0n) is 18.4. The number of nitrogens with zero attached hydrogens (tertiary/aromatic N) is 2. The number of aromatic hydroxyl groups is 1. The fourth-order valence-corrected chi connectivity index (χ4v) is 3.75. The molecule has 166 valence electrons. The van der Waals surface area contributed by atoms with E-state index in [1.807, 2.05) is 67.6 Å². The average molecular weight is 440 g/mol. The average Bonchev–Trinajstić information content (AvgIpc) is 2.86. The molecule has 0 radical (unpaired) electrons. The molecule has 0 fully saturated rings. The minimum absolute atomic E-state index is 0.0857. The van der Waals surface area contributed by atoms with E-state index in [9.17, 15) is 14.7 Å². The lowest BCUT2D eigenvalue weighted by molar-refractivity contribution is 0.0952. The van der Waals surface area contributed by atoms with Crippen molar-refractivity contribution >= 4 is 5.91 Å². The van der Waals surface area contributed by atoms with Gasteiger partial charge >= 0.3 is 0 Å². The van der Waals surface area contributed by atoms with Gasteiger partial charge in [-0.1, -0.05) is 72.8 Å². The number of benzene rings is 3. The molecule has 0 atom stereocenters. The number of aromatic nitrogens is 2. The molecule has 2 N–H and O–H groups in total. The number of hydrogen-bond donors (Lipinski definition) is 2. The molecule has 0 saturated heterocycles. The molecule has 33 heavy (non-hydrogen) atoms. The molecule has 0 bridgehead atoms. The van der Waals surface area contributed by atoms with Crippen molar-refractivity contribution in [3.63, 3.8) is 0 Å². The SMILES string of the molecule is CCn1nc(-c2ccccc2)c(-c2ccccc2)c(C(=O)NCCc2ccc(O)cc2)c1=O. The first-order valence-electron chi connectivity index (χ1n) is 10.9. The lowest BCUT2D eigenvalue weighted by atomic mass is 9.95. The molecule has 3 aromatic carbocycles. The summed E-state index contributed by atoms with van der Waals surface area (Å²) in [6.07, 6.45) is 0.575. The Morgan fingerprint density at radius 1 is 0.909 bits per heavy atom. The van der Waals surface area contributed by atoms with Gasteiger partial charge in [0, 0.05) is 24.2 Å². The van der Waals surface area contributed by atoms with Crippen LogP contribution in [-0.2, 0) is 13.0 Å². The first kappa shape index (κ1) is 22.0. The number of carbonyl (C=O) groups excluding carboxylic acids is 1. The Labute approximate surface area is 192 Å². The van der Waals surface area contributed by atoms with E-state index < -0.39 is 11.5 Å². The predicted octanol–water partition coefficient (Wildman–Crippen LogP) is 4.28. The van der Waals surface area contributed by atoms with Crippen LogP contribution in [0.15, 0.2) is 89.7 Å². The van der Waals surface area contributed by atoms with Crippen LogP contribution in [0.1, 0.15) is 22.8 Å². The van der Waals surface area contributed by atoms with E-state index >= 15 is 0 Å². The van der Waals surface area contributed by atoms with Gasteiger partial charge in [0.05, 0.1) is 5.69 Å². The van der Waals surface area contributed by atoms with Crippen molar-refractivity contribution in [3.05, 3.63) is 106 Å². The van der Waals surface area contributed by atoms with Crippen molar-refractivity contribution < 1.29 is 9.90 Å². The Bertz CT molecular complexity index is 1300. The molecule has 0 aliphatic heterocycles. The number of carbonyl (C=O) groups is 1. The third-order valence-electron chi connectivity index (χ3n) is 5.43. The molecule has 6 nitrogen and oxygen atoms in total. The molecule has 0 aliphatic rings. The first-order chi connectivity index (χ1) is 16.1. The Hall–Kier alpha value is -4.19. The Balaban J connectivity index is 1.77. The molecular formula is C27H25N3O3. The molecule has 6 heteroatoms. The van der Waals surface area contributed by atoms with Crippen LogP contribution in [0.25, 0.3) is 22.4 Å². The highest BCUT2D eigenvalue weighted by Crippen LogP contribution is 2.32. The minimum Gasteiger partial charge on any atom is -0.508 e. The maximum Gasteiger partial charge on any atom is 0.280 e. The van der Waals surface area contributed by atoms with Gasteiger partial charge in [-0.3, -0.25) is 9.59 Å². The van der Waals surface area contributed by atoms with Crippen molar-refractivity contribution in [3.8, 4) is 28.1 Å². The molecule has 4 rings (SSSR count). The third-order valence-corrected chi connectivity index (χ3v) is 5.43. The van der Waals surface area contributed by atoms with Crippen LogP contribution < -0.4 is 10.9 Å². The van der Waals surface area contributed by atoms with E-state index in [2.05, 4.69) is 10.4 Å². The molecular weight excluding hydrogens is 414 g/mol. The summed E-state index contributed by atoms with van der Waals surface area (Å²) in [6, 6.07) is 25.8. The van der Waals surface area contributed by atoms with E-state index in [1.165, 1.54) is 4.68 Å². The second-order valence-electron chi connectivity index (χ2n) is 7.62. The highest BCUT2D eigenvalue weighted by molar-refractivity contribution is 6.03. The summed E-state index contributed by atoms with van der Waals surface area (Å²) < 4.78 is 1.34. The van der Waals surface area contributed by atoms with Gasteiger partial charge < -0.3 is 10.4 Å². The zero-order valence-corrected chi connectivity index (χ0v) is 18.4. The van der Waals surface area contributed by atoms with E-state index in [1.54, 1.807) is 24.3 Å². The van der Waals surface area contributed by atoms with Gasteiger partial charge in [-0.2, -0.15) is 5.10 Å². The van der Waals surface area contributed by atoms with Gasteiger partial charge in [-0.15, -0.1) is 0 Å². The normalized spacial score (nSPS) is 10.7. The summed E-state index contributed by atoms with van der Waals surface area (Å²) >= 11 is 0. The standard InChI is InChI=1S/C27H25N3O3/c1-2-30-27(33)24(26(32)28-18-17-19-13-15-22(31)16-14-19)23(20-9-5-3-6-10-20)25(29-30)21-11-7-4-8-12-21/h3-16,31H,2,17-18H2,1H3,(H,28,32). The molecule has 1 aromatic heterocycles. The largest absolute Gasteiger partial charge is 0.508 e. The smallest absolute Gasteiger partial charge is 0.280 e. The second-order valence-corrected chi connectivity index (χ2v) is 7.62. The lowest BCUT2D eigenvalue weighted by Gasteiger charge is -2.17. The molecule has 0 saturated carbocycles. The van der Waals surface area contributed by atoms with Gasteiger partial charge in [-0.25, -0.2) is 4.68 Å². The first-order valence-corrected chi connectivity index (χ1v) is 10.9. The van der Waals surface area contributed by atoms with Gasteiger partial charge in [0.1, 0.15) is 11.3 Å². The fraction of sp³-hybridized carbons (Fsp3) is 0.148. The van der Waals surface area contributed by atoms with Crippen molar-refractivity contribution in [2.75, 3.05) is 6.54 Å². The van der Waals surface area contributed by atoms with Crippen LogP contribution in [0, 0.1) is 0 Å². The summed E-state index contributed by atoms with van der Waals surface area (Å²) in [7, 11) is 0. The summed E-state index contributed by atoms with van der Waals surface area (Å²) in [5, 5.41) is 17.0. The number of nitrogens with one attached hydrogen (secondary N) is 1. The summed E-state index contributed by atoms with van der Waals surface area (Å²) in [5.41, 5.74) is 3.35. The van der Waals surface area contributed by atoms with E-state index in [-0.39, 0.29) is 11.3 Å². The Morgan fingerprint density at radius 2 is 1.52 bits per heavy atom. The van der Waals surface area contributed by atoms with Crippen LogP contribution in [0.3, 0.4) is 0 Å².